The van der Waals surface area contributed by atoms with Crippen molar-refractivity contribution < 1.29 is 4.79 Å². The van der Waals surface area contributed by atoms with E-state index >= 15 is 0 Å². The molecule has 0 aliphatic carbocycles. The normalized spacial score (nSPS) is 13.5. The molecule has 1 aromatic carbocycles. The molecule has 2 heterocycles. The first-order valence-electron chi connectivity index (χ1n) is 8.20. The fourth-order valence-corrected chi connectivity index (χ4v) is 2.76. The van der Waals surface area contributed by atoms with Crippen molar-refractivity contribution in [3.05, 3.63) is 53.5 Å². The minimum Gasteiger partial charge on any atom is -0.351 e. The van der Waals surface area contributed by atoms with Crippen molar-refractivity contribution in [3.63, 3.8) is 0 Å². The average Bonchev–Trinajstić information content (AvgIpc) is 2.61. The third kappa shape index (κ3) is 3.67. The molecule has 1 amide bonds. The van der Waals surface area contributed by atoms with Gasteiger partial charge in [0.25, 0.3) is 5.91 Å². The first-order valence-corrected chi connectivity index (χ1v) is 8.20. The zero-order valence-electron chi connectivity index (χ0n) is 13.5. The molecule has 0 unspecified atom stereocenters. The molecule has 1 N–H and O–H groups in total. The summed E-state index contributed by atoms with van der Waals surface area (Å²) < 4.78 is 0. The van der Waals surface area contributed by atoms with Crippen molar-refractivity contribution in [2.75, 3.05) is 18.0 Å². The van der Waals surface area contributed by atoms with Gasteiger partial charge < -0.3 is 10.2 Å². The van der Waals surface area contributed by atoms with Gasteiger partial charge in [-0.25, -0.2) is 9.97 Å². The second kappa shape index (κ2) is 7.22. The third-order valence-corrected chi connectivity index (χ3v) is 4.14. The Labute approximate surface area is 136 Å². The van der Waals surface area contributed by atoms with Crippen LogP contribution in [0.5, 0.6) is 0 Å². The van der Waals surface area contributed by atoms with Gasteiger partial charge in [-0.2, -0.15) is 0 Å². The summed E-state index contributed by atoms with van der Waals surface area (Å²) in [5.41, 5.74) is 3.12. The number of anilines is 1. The van der Waals surface area contributed by atoms with Gasteiger partial charge in [-0.05, 0) is 24.0 Å². The van der Waals surface area contributed by atoms with E-state index < -0.39 is 0 Å². The average molecular weight is 310 g/mol. The van der Waals surface area contributed by atoms with E-state index in [1.54, 1.807) is 12.4 Å². The minimum atomic E-state index is -0.151. The van der Waals surface area contributed by atoms with Crippen LogP contribution in [0, 0.1) is 0 Å². The maximum absolute atomic E-state index is 11.9. The highest BCUT2D eigenvalue weighted by Crippen LogP contribution is 2.22. The molecule has 23 heavy (non-hydrogen) atoms. The van der Waals surface area contributed by atoms with Crippen molar-refractivity contribution in [2.45, 2.75) is 32.7 Å². The van der Waals surface area contributed by atoms with Crippen molar-refractivity contribution >= 4 is 11.7 Å². The van der Waals surface area contributed by atoms with Crippen LogP contribution in [-0.4, -0.2) is 29.0 Å². The van der Waals surface area contributed by atoms with E-state index in [1.807, 2.05) is 0 Å². The van der Waals surface area contributed by atoms with Crippen LogP contribution in [-0.2, 0) is 13.0 Å². The maximum atomic E-state index is 11.9. The number of hydrogen-bond donors (Lipinski definition) is 1. The second-order valence-corrected chi connectivity index (χ2v) is 5.81. The SMILES string of the molecule is CCCCNC(=O)c1cnc(N2CCc3ccccc3C2)cn1. The van der Waals surface area contributed by atoms with Gasteiger partial charge in [-0.3, -0.25) is 4.79 Å². The highest BCUT2D eigenvalue weighted by molar-refractivity contribution is 5.91. The number of nitrogens with zero attached hydrogens (tertiary/aromatic N) is 3. The topological polar surface area (TPSA) is 58.1 Å². The Balaban J connectivity index is 1.65. The molecule has 0 fully saturated rings. The second-order valence-electron chi connectivity index (χ2n) is 5.81. The molecule has 0 spiro atoms. The number of carbonyl (C=O) groups is 1. The lowest BCUT2D eigenvalue weighted by Crippen LogP contribution is -2.31. The fourth-order valence-electron chi connectivity index (χ4n) is 2.76. The number of hydrogen-bond acceptors (Lipinski definition) is 4. The number of unbranched alkanes of at least 4 members (excludes halogenated alkanes) is 1. The molecule has 0 saturated carbocycles. The van der Waals surface area contributed by atoms with Crippen molar-refractivity contribution in [1.29, 1.82) is 0 Å². The molecular weight excluding hydrogens is 288 g/mol. The molecule has 3 rings (SSSR count). The van der Waals surface area contributed by atoms with Gasteiger partial charge in [-0.15, -0.1) is 0 Å². The van der Waals surface area contributed by atoms with Crippen LogP contribution in [0.4, 0.5) is 5.82 Å². The Morgan fingerprint density at radius 1 is 1.22 bits per heavy atom. The lowest BCUT2D eigenvalue weighted by atomic mass is 10.0. The van der Waals surface area contributed by atoms with Crippen LogP contribution >= 0.6 is 0 Å². The van der Waals surface area contributed by atoms with Crippen LogP contribution in [0.1, 0.15) is 41.4 Å². The Morgan fingerprint density at radius 2 is 2.04 bits per heavy atom. The zero-order valence-corrected chi connectivity index (χ0v) is 13.5. The summed E-state index contributed by atoms with van der Waals surface area (Å²) in [6.45, 7) is 4.54. The lowest BCUT2D eigenvalue weighted by Gasteiger charge is -2.29. The van der Waals surface area contributed by atoms with E-state index in [1.165, 1.54) is 11.1 Å². The first-order chi connectivity index (χ1) is 11.3. The molecule has 5 heteroatoms. The largest absolute Gasteiger partial charge is 0.351 e. The number of benzene rings is 1. The molecular formula is C18H22N4O. The molecule has 1 aliphatic rings. The standard InChI is InChI=1S/C18H22N4O/c1-2-3-9-19-18(23)16-11-21-17(12-20-16)22-10-8-14-6-4-5-7-15(14)13-22/h4-7,11-12H,2-3,8-10,13H2,1H3,(H,19,23). The van der Waals surface area contributed by atoms with E-state index in [9.17, 15) is 4.79 Å². The quantitative estimate of drug-likeness (QED) is 0.862. The van der Waals surface area contributed by atoms with Gasteiger partial charge >= 0.3 is 0 Å². The Morgan fingerprint density at radius 3 is 2.78 bits per heavy atom. The van der Waals surface area contributed by atoms with E-state index in [0.717, 1.165) is 38.2 Å². The summed E-state index contributed by atoms with van der Waals surface area (Å²) in [5.74, 6) is 0.672. The molecule has 120 valence electrons. The van der Waals surface area contributed by atoms with Gasteiger partial charge in [-0.1, -0.05) is 37.6 Å². The van der Waals surface area contributed by atoms with Crippen molar-refractivity contribution in [3.8, 4) is 0 Å². The number of carbonyl (C=O) groups excluding carboxylic acids is 1. The van der Waals surface area contributed by atoms with Gasteiger partial charge in [0.2, 0.25) is 0 Å². The zero-order chi connectivity index (χ0) is 16.1. The molecule has 2 aromatic rings. The molecule has 0 radical (unpaired) electrons. The summed E-state index contributed by atoms with van der Waals surface area (Å²) in [4.78, 5) is 22.8. The summed E-state index contributed by atoms with van der Waals surface area (Å²) in [6, 6.07) is 8.49. The monoisotopic (exact) mass is 310 g/mol. The summed E-state index contributed by atoms with van der Waals surface area (Å²) in [5, 5.41) is 2.86. The van der Waals surface area contributed by atoms with Crippen LogP contribution in [0.2, 0.25) is 0 Å². The van der Waals surface area contributed by atoms with Crippen molar-refractivity contribution in [2.24, 2.45) is 0 Å². The molecule has 1 aromatic heterocycles. The fraction of sp³-hybridized carbons (Fsp3) is 0.389. The van der Waals surface area contributed by atoms with Crippen LogP contribution < -0.4 is 10.2 Å². The maximum Gasteiger partial charge on any atom is 0.271 e. The Hall–Kier alpha value is -2.43. The highest BCUT2D eigenvalue weighted by atomic mass is 16.1. The van der Waals surface area contributed by atoms with E-state index in [0.29, 0.717) is 12.2 Å². The Kier molecular flexibility index (Phi) is 4.86. The predicted molar refractivity (Wildman–Crippen MR) is 90.5 cm³/mol. The van der Waals surface area contributed by atoms with Gasteiger partial charge in [0.15, 0.2) is 0 Å². The number of fused-ring (bicyclic) bond motifs is 1. The number of aromatic nitrogens is 2. The summed E-state index contributed by atoms with van der Waals surface area (Å²) in [6.07, 6.45) is 6.31. The van der Waals surface area contributed by atoms with Gasteiger partial charge in [0, 0.05) is 19.6 Å². The first kappa shape index (κ1) is 15.5. The van der Waals surface area contributed by atoms with E-state index in [4.69, 9.17) is 0 Å². The van der Waals surface area contributed by atoms with E-state index in [-0.39, 0.29) is 5.91 Å². The van der Waals surface area contributed by atoms with Crippen LogP contribution in [0.25, 0.3) is 0 Å². The third-order valence-electron chi connectivity index (χ3n) is 4.14. The molecule has 0 atom stereocenters. The summed E-state index contributed by atoms with van der Waals surface area (Å²) >= 11 is 0. The van der Waals surface area contributed by atoms with Gasteiger partial charge in [0.05, 0.1) is 12.4 Å². The van der Waals surface area contributed by atoms with Crippen LogP contribution in [0.15, 0.2) is 36.7 Å². The van der Waals surface area contributed by atoms with Gasteiger partial charge in [0.1, 0.15) is 11.5 Å². The lowest BCUT2D eigenvalue weighted by molar-refractivity contribution is 0.0948. The predicted octanol–water partition coefficient (Wildman–Crippen LogP) is 2.57. The molecule has 0 saturated heterocycles. The van der Waals surface area contributed by atoms with Crippen molar-refractivity contribution in [1.82, 2.24) is 15.3 Å². The Bertz CT molecular complexity index is 669. The summed E-state index contributed by atoms with van der Waals surface area (Å²) in [7, 11) is 0. The number of rotatable bonds is 5. The number of amides is 1. The smallest absolute Gasteiger partial charge is 0.271 e. The van der Waals surface area contributed by atoms with E-state index in [2.05, 4.69) is 51.4 Å². The minimum absolute atomic E-state index is 0.151. The number of nitrogens with one attached hydrogen (secondary N) is 1. The molecule has 5 nitrogen and oxygen atoms in total. The molecule has 0 bridgehead atoms. The molecule has 1 aliphatic heterocycles. The van der Waals surface area contributed by atoms with Crippen LogP contribution in [0.3, 0.4) is 0 Å². The highest BCUT2D eigenvalue weighted by Gasteiger charge is 2.17.